The molecule has 3 N–H and O–H groups in total. The second-order valence-electron chi connectivity index (χ2n) is 6.86. The molecular formula is C20H31N3O3. The van der Waals surface area contributed by atoms with Crippen LogP contribution in [-0.4, -0.2) is 36.4 Å². The number of ether oxygens (including phenoxy) is 1. The van der Waals surface area contributed by atoms with Crippen molar-refractivity contribution in [3.63, 3.8) is 0 Å². The summed E-state index contributed by atoms with van der Waals surface area (Å²) in [7, 11) is 0. The van der Waals surface area contributed by atoms with Crippen LogP contribution in [0.15, 0.2) is 24.3 Å². The third-order valence-electron chi connectivity index (χ3n) is 4.91. The molecule has 1 heterocycles. The summed E-state index contributed by atoms with van der Waals surface area (Å²) in [6, 6.07) is 7.34. The van der Waals surface area contributed by atoms with Gasteiger partial charge >= 0.3 is 0 Å². The van der Waals surface area contributed by atoms with Gasteiger partial charge in [0.2, 0.25) is 5.91 Å². The summed E-state index contributed by atoms with van der Waals surface area (Å²) >= 11 is 0. The van der Waals surface area contributed by atoms with Gasteiger partial charge in [-0.3, -0.25) is 15.0 Å². The van der Waals surface area contributed by atoms with E-state index in [2.05, 4.69) is 12.3 Å². The van der Waals surface area contributed by atoms with E-state index >= 15 is 0 Å². The number of unbranched alkanes of at least 4 members (excludes halogenated alkanes) is 4. The van der Waals surface area contributed by atoms with Crippen LogP contribution in [0, 0.1) is 5.92 Å². The van der Waals surface area contributed by atoms with Crippen LogP contribution in [0.5, 0.6) is 5.75 Å². The number of piperidine rings is 1. The molecule has 0 spiro atoms. The average molecular weight is 361 g/mol. The molecule has 0 bridgehead atoms. The number of carbonyl (C=O) groups is 2. The van der Waals surface area contributed by atoms with Crippen molar-refractivity contribution in [2.24, 2.45) is 11.8 Å². The molecule has 0 radical (unpaired) electrons. The Kier molecular flexibility index (Phi) is 8.41. The summed E-state index contributed by atoms with van der Waals surface area (Å²) in [6.45, 7) is 4.08. The second kappa shape index (κ2) is 10.8. The fourth-order valence-corrected chi connectivity index (χ4v) is 3.23. The summed E-state index contributed by atoms with van der Waals surface area (Å²) in [6.07, 6.45) is 7.34. The zero-order valence-corrected chi connectivity index (χ0v) is 15.7. The van der Waals surface area contributed by atoms with Crippen LogP contribution in [0.2, 0.25) is 0 Å². The Labute approximate surface area is 156 Å². The minimum Gasteiger partial charge on any atom is -0.494 e. The molecule has 1 aliphatic rings. The van der Waals surface area contributed by atoms with E-state index in [-0.39, 0.29) is 17.7 Å². The van der Waals surface area contributed by atoms with Crippen LogP contribution in [0.25, 0.3) is 0 Å². The lowest BCUT2D eigenvalue weighted by Crippen LogP contribution is -2.44. The number of rotatable bonds is 9. The molecule has 2 amide bonds. The van der Waals surface area contributed by atoms with Gasteiger partial charge in [-0.2, -0.15) is 0 Å². The standard InChI is InChI=1S/C20H31N3O3/c1-2-3-4-5-6-15-26-18-9-7-17(8-10-18)20(25)23-13-11-16(12-14-23)19(24)22-21/h7-10,16H,2-6,11-15,21H2,1H3,(H,22,24). The number of benzene rings is 1. The Morgan fingerprint density at radius 3 is 2.38 bits per heavy atom. The van der Waals surface area contributed by atoms with Gasteiger partial charge in [-0.05, 0) is 43.5 Å². The zero-order valence-electron chi connectivity index (χ0n) is 15.7. The third kappa shape index (κ3) is 6.02. The first kappa shape index (κ1) is 20.2. The first-order chi connectivity index (χ1) is 12.7. The quantitative estimate of drug-likeness (QED) is 0.306. The smallest absolute Gasteiger partial charge is 0.253 e. The SMILES string of the molecule is CCCCCCCOc1ccc(C(=O)N2CCC(C(=O)NN)CC2)cc1. The van der Waals surface area contributed by atoms with Gasteiger partial charge in [-0.25, -0.2) is 5.84 Å². The molecular weight excluding hydrogens is 330 g/mol. The maximum Gasteiger partial charge on any atom is 0.253 e. The maximum absolute atomic E-state index is 12.6. The minimum atomic E-state index is -0.145. The van der Waals surface area contributed by atoms with Crippen molar-refractivity contribution >= 4 is 11.8 Å². The van der Waals surface area contributed by atoms with Crippen LogP contribution >= 0.6 is 0 Å². The fourth-order valence-electron chi connectivity index (χ4n) is 3.23. The maximum atomic E-state index is 12.6. The first-order valence-corrected chi connectivity index (χ1v) is 9.68. The summed E-state index contributed by atoms with van der Waals surface area (Å²) in [4.78, 5) is 25.9. The van der Waals surface area contributed by atoms with Crippen molar-refractivity contribution in [2.75, 3.05) is 19.7 Å². The predicted octanol–water partition coefficient (Wildman–Crippen LogP) is 2.88. The molecule has 1 saturated heterocycles. The van der Waals surface area contributed by atoms with Gasteiger partial charge in [0, 0.05) is 24.6 Å². The van der Waals surface area contributed by atoms with E-state index in [0.29, 0.717) is 38.1 Å². The second-order valence-corrected chi connectivity index (χ2v) is 6.86. The molecule has 1 fully saturated rings. The highest BCUT2D eigenvalue weighted by atomic mass is 16.5. The minimum absolute atomic E-state index is 0.00252. The number of nitrogens with two attached hydrogens (primary N) is 1. The van der Waals surface area contributed by atoms with Gasteiger partial charge in [0.1, 0.15) is 5.75 Å². The van der Waals surface area contributed by atoms with Gasteiger partial charge in [0.05, 0.1) is 6.61 Å². The molecule has 1 aromatic carbocycles. The van der Waals surface area contributed by atoms with E-state index in [0.717, 1.165) is 12.2 Å². The van der Waals surface area contributed by atoms with Crippen molar-refractivity contribution in [1.82, 2.24) is 10.3 Å². The lowest BCUT2D eigenvalue weighted by molar-refractivity contribution is -0.126. The molecule has 1 aliphatic heterocycles. The molecule has 0 unspecified atom stereocenters. The van der Waals surface area contributed by atoms with Crippen molar-refractivity contribution < 1.29 is 14.3 Å². The topological polar surface area (TPSA) is 84.7 Å². The van der Waals surface area contributed by atoms with Crippen LogP contribution in [-0.2, 0) is 4.79 Å². The molecule has 1 aromatic rings. The number of likely N-dealkylation sites (tertiary alicyclic amines) is 1. The first-order valence-electron chi connectivity index (χ1n) is 9.68. The highest BCUT2D eigenvalue weighted by Gasteiger charge is 2.27. The predicted molar refractivity (Wildman–Crippen MR) is 102 cm³/mol. The highest BCUT2D eigenvalue weighted by molar-refractivity contribution is 5.94. The van der Waals surface area contributed by atoms with E-state index in [1.165, 1.54) is 25.7 Å². The van der Waals surface area contributed by atoms with Crippen LogP contribution in [0.1, 0.15) is 62.2 Å². The summed E-state index contributed by atoms with van der Waals surface area (Å²) < 4.78 is 5.74. The molecule has 144 valence electrons. The average Bonchev–Trinajstić information content (AvgIpc) is 2.70. The van der Waals surface area contributed by atoms with Crippen molar-refractivity contribution in [1.29, 1.82) is 0 Å². The molecule has 0 atom stereocenters. The third-order valence-corrected chi connectivity index (χ3v) is 4.91. The van der Waals surface area contributed by atoms with Gasteiger partial charge in [-0.15, -0.1) is 0 Å². The lowest BCUT2D eigenvalue weighted by atomic mass is 9.95. The normalized spacial score (nSPS) is 14.9. The number of hydrazine groups is 1. The Bertz CT molecular complexity index is 566. The Morgan fingerprint density at radius 2 is 1.77 bits per heavy atom. The Balaban J connectivity index is 1.75. The van der Waals surface area contributed by atoms with Crippen LogP contribution in [0.4, 0.5) is 0 Å². The summed E-state index contributed by atoms with van der Waals surface area (Å²) in [5, 5.41) is 0. The highest BCUT2D eigenvalue weighted by Crippen LogP contribution is 2.20. The monoisotopic (exact) mass is 361 g/mol. The molecule has 26 heavy (non-hydrogen) atoms. The Hall–Kier alpha value is -2.08. The molecule has 2 rings (SSSR count). The van der Waals surface area contributed by atoms with E-state index in [9.17, 15) is 9.59 Å². The Morgan fingerprint density at radius 1 is 1.12 bits per heavy atom. The van der Waals surface area contributed by atoms with Gasteiger partial charge < -0.3 is 9.64 Å². The zero-order chi connectivity index (χ0) is 18.8. The van der Waals surface area contributed by atoms with Crippen LogP contribution in [0.3, 0.4) is 0 Å². The summed E-state index contributed by atoms with van der Waals surface area (Å²) in [5.41, 5.74) is 2.85. The molecule has 6 heteroatoms. The fraction of sp³-hybridized carbons (Fsp3) is 0.600. The lowest BCUT2D eigenvalue weighted by Gasteiger charge is -2.31. The van der Waals surface area contributed by atoms with Crippen molar-refractivity contribution in [3.05, 3.63) is 29.8 Å². The molecule has 0 aliphatic carbocycles. The number of carbonyl (C=O) groups excluding carboxylic acids is 2. The molecule has 6 nitrogen and oxygen atoms in total. The largest absolute Gasteiger partial charge is 0.494 e. The molecule has 0 saturated carbocycles. The van der Waals surface area contributed by atoms with Crippen LogP contribution < -0.4 is 16.0 Å². The van der Waals surface area contributed by atoms with Gasteiger partial charge in [0.25, 0.3) is 5.91 Å². The van der Waals surface area contributed by atoms with Crippen molar-refractivity contribution in [2.45, 2.75) is 51.9 Å². The van der Waals surface area contributed by atoms with E-state index in [1.54, 1.807) is 4.90 Å². The van der Waals surface area contributed by atoms with Gasteiger partial charge in [-0.1, -0.05) is 32.6 Å². The van der Waals surface area contributed by atoms with E-state index < -0.39 is 0 Å². The number of nitrogens with one attached hydrogen (secondary N) is 1. The summed E-state index contributed by atoms with van der Waals surface area (Å²) in [5.74, 6) is 5.73. The number of hydrogen-bond donors (Lipinski definition) is 2. The molecule has 0 aromatic heterocycles. The number of hydrogen-bond acceptors (Lipinski definition) is 4. The number of nitrogens with zero attached hydrogens (tertiary/aromatic N) is 1. The van der Waals surface area contributed by atoms with Gasteiger partial charge in [0.15, 0.2) is 0 Å². The number of amides is 2. The van der Waals surface area contributed by atoms with Crippen molar-refractivity contribution in [3.8, 4) is 5.75 Å². The van der Waals surface area contributed by atoms with E-state index in [1.807, 2.05) is 24.3 Å². The van der Waals surface area contributed by atoms with E-state index in [4.69, 9.17) is 10.6 Å².